The van der Waals surface area contributed by atoms with Gasteiger partial charge in [-0.25, -0.2) is 15.0 Å². The van der Waals surface area contributed by atoms with Crippen molar-refractivity contribution < 1.29 is 4.74 Å². The Labute approximate surface area is 159 Å². The number of fused-ring (bicyclic) bond motifs is 1. The van der Waals surface area contributed by atoms with Gasteiger partial charge in [-0.15, -0.1) is 0 Å². The molecule has 1 aromatic carbocycles. The molecule has 2 aliphatic carbocycles. The molecule has 2 saturated carbocycles. The van der Waals surface area contributed by atoms with Gasteiger partial charge in [-0.05, 0) is 68.2 Å². The van der Waals surface area contributed by atoms with Crippen LogP contribution in [0.3, 0.4) is 0 Å². The van der Waals surface area contributed by atoms with Crippen LogP contribution in [0.5, 0.6) is 5.75 Å². The fourth-order valence-corrected chi connectivity index (χ4v) is 4.42. The van der Waals surface area contributed by atoms with Gasteiger partial charge in [-0.1, -0.05) is 6.92 Å². The number of nitrogens with zero attached hydrogens (tertiary/aromatic N) is 4. The van der Waals surface area contributed by atoms with Crippen molar-refractivity contribution in [3.05, 3.63) is 35.9 Å². The number of ether oxygens (including phenoxy) is 1. The molecule has 140 valence electrons. The van der Waals surface area contributed by atoms with E-state index in [4.69, 9.17) is 14.7 Å². The molecule has 2 aliphatic rings. The molecule has 5 heteroatoms. The van der Waals surface area contributed by atoms with Gasteiger partial charge in [0, 0.05) is 18.0 Å². The van der Waals surface area contributed by atoms with Crippen molar-refractivity contribution in [1.82, 2.24) is 19.5 Å². The number of hydrogen-bond acceptors (Lipinski definition) is 4. The molecule has 0 radical (unpaired) electrons. The molecular formula is C22H26N4O. The summed E-state index contributed by atoms with van der Waals surface area (Å²) in [6, 6.07) is 6.70. The Morgan fingerprint density at radius 2 is 1.89 bits per heavy atom. The molecule has 2 heterocycles. The number of rotatable bonds is 6. The fraction of sp³-hybridized carbons (Fsp3) is 0.500. The SMILES string of the molecule is CCc1nc2c(-c3ccc(OC)cc3C)ncnc2n1C(C1CC1)C1CC1. The molecule has 0 unspecified atom stereocenters. The minimum absolute atomic E-state index is 0.574. The van der Waals surface area contributed by atoms with E-state index in [-0.39, 0.29) is 0 Å². The Morgan fingerprint density at radius 3 is 2.48 bits per heavy atom. The van der Waals surface area contributed by atoms with Crippen molar-refractivity contribution in [3.8, 4) is 17.0 Å². The van der Waals surface area contributed by atoms with Crippen LogP contribution >= 0.6 is 0 Å². The molecular weight excluding hydrogens is 336 g/mol. The quantitative estimate of drug-likeness (QED) is 0.636. The molecule has 0 saturated heterocycles. The number of aryl methyl sites for hydroxylation is 2. The molecule has 0 amide bonds. The van der Waals surface area contributed by atoms with Crippen molar-refractivity contribution in [2.75, 3.05) is 7.11 Å². The van der Waals surface area contributed by atoms with Gasteiger partial charge in [-0.3, -0.25) is 0 Å². The second-order valence-electron chi connectivity index (χ2n) is 7.99. The molecule has 5 nitrogen and oxygen atoms in total. The Morgan fingerprint density at radius 1 is 1.15 bits per heavy atom. The monoisotopic (exact) mass is 362 g/mol. The summed E-state index contributed by atoms with van der Waals surface area (Å²) in [5.41, 5.74) is 5.12. The van der Waals surface area contributed by atoms with E-state index in [1.54, 1.807) is 13.4 Å². The molecule has 0 bridgehead atoms. The maximum atomic E-state index is 5.36. The topological polar surface area (TPSA) is 52.8 Å². The van der Waals surface area contributed by atoms with Crippen molar-refractivity contribution >= 4 is 11.2 Å². The van der Waals surface area contributed by atoms with Gasteiger partial charge < -0.3 is 9.30 Å². The summed E-state index contributed by atoms with van der Waals surface area (Å²) in [7, 11) is 1.70. The number of imidazole rings is 1. The number of aromatic nitrogens is 4. The largest absolute Gasteiger partial charge is 0.497 e. The zero-order valence-corrected chi connectivity index (χ0v) is 16.3. The van der Waals surface area contributed by atoms with Crippen LogP contribution in [0.2, 0.25) is 0 Å². The molecule has 2 fully saturated rings. The summed E-state index contributed by atoms with van der Waals surface area (Å²) in [4.78, 5) is 14.4. The summed E-state index contributed by atoms with van der Waals surface area (Å²) in [6.45, 7) is 4.29. The summed E-state index contributed by atoms with van der Waals surface area (Å²) in [6.07, 6.45) is 8.02. The van der Waals surface area contributed by atoms with E-state index in [9.17, 15) is 0 Å². The molecule has 0 atom stereocenters. The van der Waals surface area contributed by atoms with Gasteiger partial charge >= 0.3 is 0 Å². The third-order valence-electron chi connectivity index (χ3n) is 6.06. The van der Waals surface area contributed by atoms with E-state index in [1.165, 1.54) is 25.7 Å². The van der Waals surface area contributed by atoms with E-state index in [0.717, 1.165) is 57.8 Å². The lowest BCUT2D eigenvalue weighted by Gasteiger charge is -2.20. The van der Waals surface area contributed by atoms with Crippen molar-refractivity contribution in [2.45, 2.75) is 52.0 Å². The van der Waals surface area contributed by atoms with Crippen LogP contribution in [-0.4, -0.2) is 26.6 Å². The van der Waals surface area contributed by atoms with E-state index in [0.29, 0.717) is 6.04 Å². The number of benzene rings is 1. The third-order valence-corrected chi connectivity index (χ3v) is 6.06. The predicted octanol–water partition coefficient (Wildman–Crippen LogP) is 4.73. The van der Waals surface area contributed by atoms with E-state index in [1.807, 2.05) is 6.07 Å². The average Bonchev–Trinajstić information content (AvgIpc) is 3.60. The minimum atomic E-state index is 0.574. The molecule has 0 aliphatic heterocycles. The number of methoxy groups -OCH3 is 1. The Balaban J connectivity index is 1.70. The lowest BCUT2D eigenvalue weighted by molar-refractivity contribution is 0.391. The minimum Gasteiger partial charge on any atom is -0.497 e. The second kappa shape index (κ2) is 6.32. The van der Waals surface area contributed by atoms with Crippen LogP contribution in [0.1, 0.15) is 50.0 Å². The first kappa shape index (κ1) is 16.7. The highest BCUT2D eigenvalue weighted by atomic mass is 16.5. The smallest absolute Gasteiger partial charge is 0.164 e. The zero-order chi connectivity index (χ0) is 18.5. The molecule has 27 heavy (non-hydrogen) atoms. The highest BCUT2D eigenvalue weighted by Gasteiger charge is 2.44. The first-order chi connectivity index (χ1) is 13.2. The maximum Gasteiger partial charge on any atom is 0.164 e. The summed E-state index contributed by atoms with van der Waals surface area (Å²) >= 11 is 0. The zero-order valence-electron chi connectivity index (χ0n) is 16.3. The summed E-state index contributed by atoms with van der Waals surface area (Å²) < 4.78 is 7.83. The summed E-state index contributed by atoms with van der Waals surface area (Å²) in [5, 5.41) is 0. The van der Waals surface area contributed by atoms with Crippen LogP contribution in [-0.2, 0) is 6.42 Å². The van der Waals surface area contributed by atoms with E-state index < -0.39 is 0 Å². The van der Waals surface area contributed by atoms with Gasteiger partial charge in [-0.2, -0.15) is 0 Å². The molecule has 0 spiro atoms. The van der Waals surface area contributed by atoms with Crippen molar-refractivity contribution in [2.24, 2.45) is 11.8 Å². The van der Waals surface area contributed by atoms with Crippen LogP contribution in [0.4, 0.5) is 0 Å². The maximum absolute atomic E-state index is 5.36. The van der Waals surface area contributed by atoms with Crippen LogP contribution in [0.15, 0.2) is 24.5 Å². The highest BCUT2D eigenvalue weighted by molar-refractivity contribution is 5.88. The van der Waals surface area contributed by atoms with Gasteiger partial charge in [0.1, 0.15) is 29.1 Å². The normalized spacial score (nSPS) is 17.0. The Kier molecular flexibility index (Phi) is 3.92. The van der Waals surface area contributed by atoms with Gasteiger partial charge in [0.2, 0.25) is 0 Å². The van der Waals surface area contributed by atoms with Gasteiger partial charge in [0.15, 0.2) is 5.65 Å². The lowest BCUT2D eigenvalue weighted by atomic mass is 10.0. The van der Waals surface area contributed by atoms with Crippen LogP contribution in [0, 0.1) is 18.8 Å². The third kappa shape index (κ3) is 2.80. The average molecular weight is 362 g/mol. The van der Waals surface area contributed by atoms with Gasteiger partial charge in [0.05, 0.1) is 7.11 Å². The molecule has 0 N–H and O–H groups in total. The second-order valence-corrected chi connectivity index (χ2v) is 7.99. The molecule has 5 rings (SSSR count). The van der Waals surface area contributed by atoms with Gasteiger partial charge in [0.25, 0.3) is 0 Å². The van der Waals surface area contributed by atoms with E-state index in [2.05, 4.69) is 35.5 Å². The first-order valence-corrected chi connectivity index (χ1v) is 10.1. The van der Waals surface area contributed by atoms with Crippen LogP contribution in [0.25, 0.3) is 22.4 Å². The Hall–Kier alpha value is -2.43. The predicted molar refractivity (Wildman–Crippen MR) is 106 cm³/mol. The number of hydrogen-bond donors (Lipinski definition) is 0. The fourth-order valence-electron chi connectivity index (χ4n) is 4.42. The van der Waals surface area contributed by atoms with Crippen molar-refractivity contribution in [3.63, 3.8) is 0 Å². The van der Waals surface area contributed by atoms with E-state index >= 15 is 0 Å². The summed E-state index contributed by atoms with van der Waals surface area (Å²) in [5.74, 6) is 3.63. The molecule has 3 aromatic rings. The van der Waals surface area contributed by atoms with Crippen molar-refractivity contribution in [1.29, 1.82) is 0 Å². The standard InChI is InChI=1S/C22H26N4O/c1-4-18-25-20-19(17-10-9-16(27-3)11-13(17)2)23-12-24-22(20)26(18)21(14-5-6-14)15-7-8-15/h9-12,14-15,21H,4-8H2,1-3H3. The van der Waals surface area contributed by atoms with Crippen LogP contribution < -0.4 is 4.74 Å². The lowest BCUT2D eigenvalue weighted by Crippen LogP contribution is -2.16. The molecule has 2 aromatic heterocycles. The highest BCUT2D eigenvalue weighted by Crippen LogP contribution is 2.53. The Bertz CT molecular complexity index is 989. The first-order valence-electron chi connectivity index (χ1n) is 10.1.